The van der Waals surface area contributed by atoms with Gasteiger partial charge in [-0.05, 0) is 19.1 Å². The first-order chi connectivity index (χ1) is 8.47. The maximum atomic E-state index is 13.5. The smallest absolute Gasteiger partial charge is 0.171 e. The van der Waals surface area contributed by atoms with Gasteiger partial charge in [-0.3, -0.25) is 4.79 Å². The van der Waals surface area contributed by atoms with E-state index in [9.17, 15) is 13.6 Å². The van der Waals surface area contributed by atoms with Gasteiger partial charge in [-0.25, -0.2) is 13.8 Å². The molecule has 0 bridgehead atoms. The van der Waals surface area contributed by atoms with Crippen molar-refractivity contribution in [3.05, 3.63) is 50.4 Å². The Balaban J connectivity index is 2.26. The summed E-state index contributed by atoms with van der Waals surface area (Å²) in [5, 5.41) is 2.20. The molecule has 0 atom stereocenters. The molecule has 0 fully saturated rings. The van der Waals surface area contributed by atoms with Crippen molar-refractivity contribution in [1.82, 2.24) is 4.98 Å². The number of carbonyl (C=O) groups excluding carboxylic acids is 1. The summed E-state index contributed by atoms with van der Waals surface area (Å²) in [5.74, 6) is -2.15. The highest BCUT2D eigenvalue weighted by molar-refractivity contribution is 7.09. The first kappa shape index (κ1) is 13.1. The highest BCUT2D eigenvalue weighted by Gasteiger charge is 2.16. The minimum absolute atomic E-state index is 0.0532. The molecule has 0 radical (unpaired) electrons. The number of carbonyl (C=O) groups is 1. The molecule has 2 nitrogen and oxygen atoms in total. The first-order valence-electron chi connectivity index (χ1n) is 5.06. The van der Waals surface area contributed by atoms with Gasteiger partial charge in [-0.1, -0.05) is 11.6 Å². The van der Waals surface area contributed by atoms with Crippen LogP contribution in [-0.4, -0.2) is 10.8 Å². The minimum atomic E-state index is -0.821. The van der Waals surface area contributed by atoms with Crippen LogP contribution in [0.25, 0.3) is 0 Å². The van der Waals surface area contributed by atoms with E-state index >= 15 is 0 Å². The van der Waals surface area contributed by atoms with Gasteiger partial charge in [0.1, 0.15) is 11.6 Å². The number of hydrogen-bond acceptors (Lipinski definition) is 3. The highest BCUT2D eigenvalue weighted by Crippen LogP contribution is 2.21. The number of ketones is 1. The zero-order chi connectivity index (χ0) is 13.3. The average Bonchev–Trinajstić information content (AvgIpc) is 2.69. The minimum Gasteiger partial charge on any atom is -0.294 e. The van der Waals surface area contributed by atoms with Crippen LogP contribution in [0, 0.1) is 18.6 Å². The molecule has 94 valence electrons. The van der Waals surface area contributed by atoms with Crippen molar-refractivity contribution in [2.45, 2.75) is 13.3 Å². The standard InChI is InChI=1S/C12H8ClF2NOS/c1-6-16-7(5-18-6)2-12(17)8-3-11(15)9(13)4-10(8)14/h3-5H,2H2,1H3. The Hall–Kier alpha value is -1.33. The van der Waals surface area contributed by atoms with E-state index in [4.69, 9.17) is 11.6 Å². The van der Waals surface area contributed by atoms with Crippen LogP contribution >= 0.6 is 22.9 Å². The van der Waals surface area contributed by atoms with Crippen LogP contribution in [0.1, 0.15) is 21.1 Å². The van der Waals surface area contributed by atoms with E-state index < -0.39 is 17.4 Å². The van der Waals surface area contributed by atoms with E-state index in [0.29, 0.717) is 5.69 Å². The zero-order valence-electron chi connectivity index (χ0n) is 9.34. The molecule has 2 aromatic rings. The van der Waals surface area contributed by atoms with Gasteiger partial charge in [0.15, 0.2) is 5.78 Å². The van der Waals surface area contributed by atoms with Crippen molar-refractivity contribution < 1.29 is 13.6 Å². The third kappa shape index (κ3) is 2.73. The van der Waals surface area contributed by atoms with Crippen molar-refractivity contribution in [1.29, 1.82) is 0 Å². The molecule has 0 spiro atoms. The lowest BCUT2D eigenvalue weighted by Gasteiger charge is -2.03. The topological polar surface area (TPSA) is 30.0 Å². The largest absolute Gasteiger partial charge is 0.294 e. The third-order valence-electron chi connectivity index (χ3n) is 2.32. The number of Topliss-reactive ketones (excluding diaryl/α,β-unsaturated/α-hetero) is 1. The van der Waals surface area contributed by atoms with Crippen molar-refractivity contribution in [2.75, 3.05) is 0 Å². The monoisotopic (exact) mass is 287 g/mol. The van der Waals surface area contributed by atoms with Gasteiger partial charge in [-0.15, -0.1) is 11.3 Å². The van der Waals surface area contributed by atoms with Crippen LogP contribution in [0.2, 0.25) is 5.02 Å². The molecule has 6 heteroatoms. The second-order valence-electron chi connectivity index (χ2n) is 3.70. The first-order valence-corrected chi connectivity index (χ1v) is 6.32. The van der Waals surface area contributed by atoms with Crippen molar-refractivity contribution in [3.8, 4) is 0 Å². The number of hydrogen-bond donors (Lipinski definition) is 0. The summed E-state index contributed by atoms with van der Waals surface area (Å²) in [5.41, 5.74) is 0.250. The van der Waals surface area contributed by atoms with E-state index in [1.165, 1.54) is 11.3 Å². The van der Waals surface area contributed by atoms with E-state index in [0.717, 1.165) is 17.1 Å². The van der Waals surface area contributed by atoms with Crippen LogP contribution in [-0.2, 0) is 6.42 Å². The third-order valence-corrected chi connectivity index (χ3v) is 3.43. The average molecular weight is 288 g/mol. The molecule has 0 aliphatic heterocycles. The Morgan fingerprint density at radius 2 is 2.11 bits per heavy atom. The maximum absolute atomic E-state index is 13.5. The lowest BCUT2D eigenvalue weighted by molar-refractivity contribution is 0.0988. The Kier molecular flexibility index (Phi) is 3.73. The van der Waals surface area contributed by atoms with Crippen molar-refractivity contribution in [2.24, 2.45) is 0 Å². The summed E-state index contributed by atoms with van der Waals surface area (Å²) >= 11 is 6.82. The van der Waals surface area contributed by atoms with Crippen LogP contribution in [0.15, 0.2) is 17.5 Å². The van der Waals surface area contributed by atoms with E-state index in [2.05, 4.69) is 4.98 Å². The molecule has 0 aliphatic rings. The Morgan fingerprint density at radius 1 is 1.39 bits per heavy atom. The lowest BCUT2D eigenvalue weighted by Crippen LogP contribution is -2.07. The zero-order valence-corrected chi connectivity index (χ0v) is 10.9. The second kappa shape index (κ2) is 5.12. The number of benzene rings is 1. The molecular formula is C12H8ClF2NOS. The van der Waals surface area contributed by atoms with Crippen LogP contribution in [0.4, 0.5) is 8.78 Å². The van der Waals surface area contributed by atoms with Crippen LogP contribution in [0.5, 0.6) is 0 Å². The summed E-state index contributed by atoms with van der Waals surface area (Å²) in [6, 6.07) is 1.62. The van der Waals surface area contributed by atoms with E-state index in [1.54, 1.807) is 12.3 Å². The molecule has 2 rings (SSSR count). The van der Waals surface area contributed by atoms with Gasteiger partial charge < -0.3 is 0 Å². The lowest BCUT2D eigenvalue weighted by atomic mass is 10.1. The Morgan fingerprint density at radius 3 is 2.72 bits per heavy atom. The van der Waals surface area contributed by atoms with Crippen molar-refractivity contribution in [3.63, 3.8) is 0 Å². The van der Waals surface area contributed by atoms with E-state index in [-0.39, 0.29) is 17.0 Å². The number of halogens is 3. The molecule has 0 N–H and O–H groups in total. The van der Waals surface area contributed by atoms with Gasteiger partial charge in [0.2, 0.25) is 0 Å². The predicted molar refractivity (Wildman–Crippen MR) is 66.3 cm³/mol. The summed E-state index contributed by atoms with van der Waals surface area (Å²) in [4.78, 5) is 15.9. The van der Waals surface area contributed by atoms with Gasteiger partial charge in [0.25, 0.3) is 0 Å². The van der Waals surface area contributed by atoms with Crippen LogP contribution in [0.3, 0.4) is 0 Å². The number of thiazole rings is 1. The summed E-state index contributed by atoms with van der Waals surface area (Å²) in [6.07, 6.45) is -0.0532. The fourth-order valence-electron chi connectivity index (χ4n) is 1.49. The Labute approximate surface area is 111 Å². The Bertz CT molecular complexity index is 612. The SMILES string of the molecule is Cc1nc(CC(=O)c2cc(F)c(Cl)cc2F)cs1. The van der Waals surface area contributed by atoms with Gasteiger partial charge in [0.05, 0.1) is 27.7 Å². The molecule has 18 heavy (non-hydrogen) atoms. The fourth-order valence-corrected chi connectivity index (χ4v) is 2.25. The van der Waals surface area contributed by atoms with Crippen molar-refractivity contribution >= 4 is 28.7 Å². The quantitative estimate of drug-likeness (QED) is 0.635. The summed E-state index contributed by atoms with van der Waals surface area (Å²) in [6.45, 7) is 1.81. The highest BCUT2D eigenvalue weighted by atomic mass is 35.5. The fraction of sp³-hybridized carbons (Fsp3) is 0.167. The molecule has 0 saturated carbocycles. The number of rotatable bonds is 3. The number of aromatic nitrogens is 1. The molecular weight excluding hydrogens is 280 g/mol. The number of aryl methyl sites for hydroxylation is 1. The molecule has 0 saturated heterocycles. The molecule has 0 aliphatic carbocycles. The molecule has 1 aromatic heterocycles. The van der Waals surface area contributed by atoms with Gasteiger partial charge >= 0.3 is 0 Å². The summed E-state index contributed by atoms with van der Waals surface area (Å²) < 4.78 is 26.7. The van der Waals surface area contributed by atoms with Gasteiger partial charge in [-0.2, -0.15) is 0 Å². The number of nitrogens with zero attached hydrogens (tertiary/aromatic N) is 1. The normalized spacial score (nSPS) is 10.7. The maximum Gasteiger partial charge on any atom is 0.171 e. The molecule has 0 unspecified atom stereocenters. The molecule has 1 heterocycles. The van der Waals surface area contributed by atoms with E-state index in [1.807, 2.05) is 0 Å². The van der Waals surface area contributed by atoms with Crippen LogP contribution < -0.4 is 0 Å². The second-order valence-corrected chi connectivity index (χ2v) is 5.17. The predicted octanol–water partition coefficient (Wildman–Crippen LogP) is 3.81. The molecule has 1 aromatic carbocycles. The summed E-state index contributed by atoms with van der Waals surface area (Å²) in [7, 11) is 0. The molecule has 0 amide bonds. The van der Waals surface area contributed by atoms with Gasteiger partial charge in [0, 0.05) is 5.38 Å².